The first-order valence-electron chi connectivity index (χ1n) is 9.28. The van der Waals surface area contributed by atoms with E-state index in [1.807, 2.05) is 53.4 Å². The maximum absolute atomic E-state index is 13.2. The summed E-state index contributed by atoms with van der Waals surface area (Å²) in [5, 5.41) is 0. The van der Waals surface area contributed by atoms with E-state index < -0.39 is 0 Å². The van der Waals surface area contributed by atoms with E-state index in [0.29, 0.717) is 6.54 Å². The third kappa shape index (κ3) is 3.90. The number of carbonyl (C=O) groups excluding carboxylic acids is 1. The van der Waals surface area contributed by atoms with E-state index in [1.54, 1.807) is 12.1 Å². The molecule has 2 heterocycles. The zero-order chi connectivity index (χ0) is 18.6. The summed E-state index contributed by atoms with van der Waals surface area (Å²) >= 11 is 0. The highest BCUT2D eigenvalue weighted by Gasteiger charge is 2.26. The van der Waals surface area contributed by atoms with Gasteiger partial charge in [0.25, 0.3) is 5.91 Å². The second kappa shape index (κ2) is 7.70. The maximum atomic E-state index is 13.2. The van der Waals surface area contributed by atoms with E-state index >= 15 is 0 Å². The molecule has 1 atom stereocenters. The number of nitrogens with zero attached hydrogens (tertiary/aromatic N) is 2. The Bertz CT molecular complexity index is 925. The summed E-state index contributed by atoms with van der Waals surface area (Å²) in [6.45, 7) is 1.45. The van der Waals surface area contributed by atoms with Crippen LogP contribution in [0.3, 0.4) is 0 Å². The summed E-state index contributed by atoms with van der Waals surface area (Å²) in [4.78, 5) is 19.5. The first kappa shape index (κ1) is 17.4. The fourth-order valence-corrected chi connectivity index (χ4v) is 3.63. The topological polar surface area (TPSA) is 33.2 Å². The highest BCUT2D eigenvalue weighted by atomic mass is 19.1. The highest BCUT2D eigenvalue weighted by molar-refractivity contribution is 5.94. The lowest BCUT2D eigenvalue weighted by atomic mass is 9.93. The standard InChI is InChI=1S/C23H21FN2O/c24-20-13-11-17(12-14-20)21-9-4-10-22(25-21)19-8-5-15-26(16-19)23(27)18-6-2-1-3-7-18/h1-4,6-7,9-14,19H,5,8,15-16H2/t19-/m1/s1. The van der Waals surface area contributed by atoms with Gasteiger partial charge in [0.15, 0.2) is 0 Å². The van der Waals surface area contributed by atoms with Crippen molar-refractivity contribution in [2.24, 2.45) is 0 Å². The quantitative estimate of drug-likeness (QED) is 0.665. The SMILES string of the molecule is O=C(c1ccccc1)N1CCC[C@@H](c2cccc(-c3ccc(F)cc3)n2)C1. The number of likely N-dealkylation sites (tertiary alicyclic amines) is 1. The third-order valence-corrected chi connectivity index (χ3v) is 5.06. The molecule has 136 valence electrons. The Balaban J connectivity index is 1.54. The molecule has 0 spiro atoms. The van der Waals surface area contributed by atoms with Gasteiger partial charge in [-0.3, -0.25) is 9.78 Å². The van der Waals surface area contributed by atoms with Crippen molar-refractivity contribution < 1.29 is 9.18 Å². The number of rotatable bonds is 3. The van der Waals surface area contributed by atoms with Crippen molar-refractivity contribution in [3.05, 3.63) is 89.9 Å². The second-order valence-electron chi connectivity index (χ2n) is 6.91. The maximum Gasteiger partial charge on any atom is 0.253 e. The van der Waals surface area contributed by atoms with Gasteiger partial charge in [-0.15, -0.1) is 0 Å². The van der Waals surface area contributed by atoms with Crippen LogP contribution in [-0.4, -0.2) is 28.9 Å². The number of amides is 1. The molecule has 0 radical (unpaired) electrons. The largest absolute Gasteiger partial charge is 0.338 e. The Kier molecular flexibility index (Phi) is 4.97. The second-order valence-corrected chi connectivity index (χ2v) is 6.91. The van der Waals surface area contributed by atoms with E-state index in [2.05, 4.69) is 0 Å². The van der Waals surface area contributed by atoms with Gasteiger partial charge in [-0.1, -0.05) is 24.3 Å². The van der Waals surface area contributed by atoms with Crippen LogP contribution in [0.15, 0.2) is 72.8 Å². The van der Waals surface area contributed by atoms with Gasteiger partial charge >= 0.3 is 0 Å². The lowest BCUT2D eigenvalue weighted by molar-refractivity contribution is 0.0706. The first-order chi connectivity index (χ1) is 13.2. The smallest absolute Gasteiger partial charge is 0.253 e. The fraction of sp³-hybridized carbons (Fsp3) is 0.217. The molecule has 1 saturated heterocycles. The van der Waals surface area contributed by atoms with Crippen LogP contribution in [-0.2, 0) is 0 Å². The van der Waals surface area contributed by atoms with Gasteiger partial charge in [0, 0.05) is 35.8 Å². The van der Waals surface area contributed by atoms with Crippen LogP contribution in [0.25, 0.3) is 11.3 Å². The molecule has 1 amide bonds. The van der Waals surface area contributed by atoms with Crippen molar-refractivity contribution in [2.45, 2.75) is 18.8 Å². The van der Waals surface area contributed by atoms with Gasteiger partial charge in [-0.25, -0.2) is 4.39 Å². The molecule has 1 aliphatic rings. The molecule has 2 aromatic carbocycles. The molecular formula is C23H21FN2O. The van der Waals surface area contributed by atoms with Crippen LogP contribution in [0.4, 0.5) is 4.39 Å². The van der Waals surface area contributed by atoms with Crippen molar-refractivity contribution in [1.29, 1.82) is 0 Å². The van der Waals surface area contributed by atoms with Crippen LogP contribution >= 0.6 is 0 Å². The molecule has 0 saturated carbocycles. The average Bonchev–Trinajstić information content (AvgIpc) is 2.74. The number of piperidine rings is 1. The Morgan fingerprint density at radius 3 is 2.52 bits per heavy atom. The van der Waals surface area contributed by atoms with Crippen LogP contribution in [0.2, 0.25) is 0 Å². The summed E-state index contributed by atoms with van der Waals surface area (Å²) in [6.07, 6.45) is 1.98. The van der Waals surface area contributed by atoms with E-state index in [-0.39, 0.29) is 17.6 Å². The molecule has 4 heteroatoms. The minimum atomic E-state index is -0.253. The van der Waals surface area contributed by atoms with Crippen molar-refractivity contribution in [3.8, 4) is 11.3 Å². The molecule has 3 nitrogen and oxygen atoms in total. The van der Waals surface area contributed by atoms with E-state index in [9.17, 15) is 9.18 Å². The van der Waals surface area contributed by atoms with E-state index in [0.717, 1.165) is 41.9 Å². The Morgan fingerprint density at radius 2 is 1.74 bits per heavy atom. The van der Waals surface area contributed by atoms with Crippen molar-refractivity contribution in [2.75, 3.05) is 13.1 Å². The summed E-state index contributed by atoms with van der Waals surface area (Å²) in [5.74, 6) is 0.0408. The number of carbonyl (C=O) groups is 1. The monoisotopic (exact) mass is 360 g/mol. The molecule has 0 unspecified atom stereocenters. The predicted octanol–water partition coefficient (Wildman–Crippen LogP) is 4.91. The van der Waals surface area contributed by atoms with Crippen LogP contribution in [0, 0.1) is 5.82 Å². The third-order valence-electron chi connectivity index (χ3n) is 5.06. The number of aromatic nitrogens is 1. The van der Waals surface area contributed by atoms with Crippen molar-refractivity contribution >= 4 is 5.91 Å². The lowest BCUT2D eigenvalue weighted by Gasteiger charge is -2.32. The van der Waals surface area contributed by atoms with Gasteiger partial charge in [0.05, 0.1) is 5.69 Å². The van der Waals surface area contributed by atoms with Crippen LogP contribution in [0.5, 0.6) is 0 Å². The zero-order valence-corrected chi connectivity index (χ0v) is 15.0. The fourth-order valence-electron chi connectivity index (χ4n) is 3.63. The summed E-state index contributed by atoms with van der Waals surface area (Å²) in [7, 11) is 0. The zero-order valence-electron chi connectivity index (χ0n) is 15.0. The molecule has 1 aromatic heterocycles. The Labute approximate surface area is 158 Å². The number of pyridine rings is 1. The van der Waals surface area contributed by atoms with Gasteiger partial charge in [0.2, 0.25) is 0 Å². The van der Waals surface area contributed by atoms with Gasteiger partial charge in [-0.05, 0) is 61.4 Å². The lowest BCUT2D eigenvalue weighted by Crippen LogP contribution is -2.39. The number of benzene rings is 2. The van der Waals surface area contributed by atoms with Crippen molar-refractivity contribution in [1.82, 2.24) is 9.88 Å². The van der Waals surface area contributed by atoms with Gasteiger partial charge < -0.3 is 4.90 Å². The normalized spacial score (nSPS) is 16.9. The predicted molar refractivity (Wildman–Crippen MR) is 104 cm³/mol. The van der Waals surface area contributed by atoms with Crippen molar-refractivity contribution in [3.63, 3.8) is 0 Å². The summed E-state index contributed by atoms with van der Waals surface area (Å²) < 4.78 is 13.2. The Hall–Kier alpha value is -3.01. The number of hydrogen-bond donors (Lipinski definition) is 0. The molecule has 0 aliphatic carbocycles. The van der Waals surface area contributed by atoms with Gasteiger partial charge in [-0.2, -0.15) is 0 Å². The van der Waals surface area contributed by atoms with E-state index in [1.165, 1.54) is 12.1 Å². The molecule has 4 rings (SSSR count). The minimum Gasteiger partial charge on any atom is -0.338 e. The average molecular weight is 360 g/mol. The molecule has 3 aromatic rings. The molecule has 1 fully saturated rings. The molecular weight excluding hydrogens is 339 g/mol. The number of halogens is 1. The molecule has 0 bridgehead atoms. The minimum absolute atomic E-state index is 0.0787. The number of hydrogen-bond acceptors (Lipinski definition) is 2. The molecule has 0 N–H and O–H groups in total. The molecule has 27 heavy (non-hydrogen) atoms. The summed E-state index contributed by atoms with van der Waals surface area (Å²) in [6, 6.07) is 21.7. The van der Waals surface area contributed by atoms with E-state index in [4.69, 9.17) is 4.98 Å². The van der Waals surface area contributed by atoms with Crippen LogP contribution < -0.4 is 0 Å². The molecule has 1 aliphatic heterocycles. The van der Waals surface area contributed by atoms with Crippen LogP contribution in [0.1, 0.15) is 34.8 Å². The first-order valence-corrected chi connectivity index (χ1v) is 9.28. The Morgan fingerprint density at radius 1 is 0.963 bits per heavy atom. The summed E-state index contributed by atoms with van der Waals surface area (Å²) in [5.41, 5.74) is 3.44. The highest BCUT2D eigenvalue weighted by Crippen LogP contribution is 2.28. The van der Waals surface area contributed by atoms with Gasteiger partial charge in [0.1, 0.15) is 5.82 Å².